The highest BCUT2D eigenvalue weighted by Gasteiger charge is 2.47. The fraction of sp³-hybridized carbons (Fsp3) is 0.348. The van der Waals surface area contributed by atoms with Gasteiger partial charge in [-0.05, 0) is 49.1 Å². The van der Waals surface area contributed by atoms with E-state index in [0.717, 1.165) is 0 Å². The van der Waals surface area contributed by atoms with Gasteiger partial charge in [-0.2, -0.15) is 5.26 Å². The first-order valence-electron chi connectivity index (χ1n) is 9.67. The quantitative estimate of drug-likeness (QED) is 0.825. The van der Waals surface area contributed by atoms with E-state index in [9.17, 15) is 18.8 Å². The first-order valence-corrected chi connectivity index (χ1v) is 9.67. The van der Waals surface area contributed by atoms with Crippen molar-refractivity contribution in [3.05, 3.63) is 70.5 Å². The molecule has 2 aromatic rings. The number of benzene rings is 2. The van der Waals surface area contributed by atoms with Gasteiger partial charge in [-0.1, -0.05) is 37.3 Å². The van der Waals surface area contributed by atoms with Gasteiger partial charge in [0.1, 0.15) is 23.1 Å². The summed E-state index contributed by atoms with van der Waals surface area (Å²) in [5, 5.41) is 9.22. The summed E-state index contributed by atoms with van der Waals surface area (Å²) in [6, 6.07) is 12.6. The second-order valence-electron chi connectivity index (χ2n) is 7.93. The van der Waals surface area contributed by atoms with Gasteiger partial charge in [0.2, 0.25) is 5.91 Å². The Labute approximate surface area is 174 Å². The molecule has 30 heavy (non-hydrogen) atoms. The van der Waals surface area contributed by atoms with Crippen LogP contribution in [0.4, 0.5) is 8.78 Å². The van der Waals surface area contributed by atoms with Gasteiger partial charge in [0.25, 0.3) is 0 Å². The number of hydrogen-bond acceptors (Lipinski definition) is 4. The maximum Gasteiger partial charge on any atom is 0.239 e. The van der Waals surface area contributed by atoms with Crippen molar-refractivity contribution in [1.82, 2.24) is 4.90 Å². The Kier molecular flexibility index (Phi) is 5.38. The van der Waals surface area contributed by atoms with E-state index in [1.165, 1.54) is 37.1 Å². The van der Waals surface area contributed by atoms with Crippen molar-refractivity contribution >= 4 is 11.9 Å². The van der Waals surface area contributed by atoms with Crippen LogP contribution >= 0.6 is 0 Å². The second kappa shape index (κ2) is 7.52. The topological polar surface area (TPSA) is 82.5 Å². The zero-order chi connectivity index (χ0) is 22.3. The van der Waals surface area contributed by atoms with E-state index >= 15 is 0 Å². The van der Waals surface area contributed by atoms with E-state index in [0.29, 0.717) is 23.1 Å². The summed E-state index contributed by atoms with van der Waals surface area (Å²) in [5.74, 6) is -1.70. The smallest absolute Gasteiger partial charge is 0.239 e. The maximum absolute atomic E-state index is 14.7. The first kappa shape index (κ1) is 21.4. The van der Waals surface area contributed by atoms with E-state index in [1.807, 2.05) is 6.07 Å². The molecule has 0 saturated heterocycles. The van der Waals surface area contributed by atoms with Gasteiger partial charge < -0.3 is 5.73 Å². The summed E-state index contributed by atoms with van der Waals surface area (Å²) in [4.78, 5) is 19.1. The number of halogens is 2. The van der Waals surface area contributed by atoms with Gasteiger partial charge in [0.05, 0.1) is 11.5 Å². The van der Waals surface area contributed by atoms with Gasteiger partial charge in [-0.15, -0.1) is 0 Å². The molecule has 0 bridgehead atoms. The lowest BCUT2D eigenvalue weighted by molar-refractivity contribution is -0.130. The molecular weight excluding hydrogens is 386 g/mol. The minimum atomic E-state index is -1.48. The summed E-state index contributed by atoms with van der Waals surface area (Å²) in [5.41, 5.74) is 4.84. The summed E-state index contributed by atoms with van der Waals surface area (Å²) in [7, 11) is 1.53. The zero-order valence-corrected chi connectivity index (χ0v) is 17.4. The number of carbonyl (C=O) groups is 1. The number of nitrogens with two attached hydrogens (primary N) is 1. The number of nitrogens with zero attached hydrogens (tertiary/aromatic N) is 3. The lowest BCUT2D eigenvalue weighted by Crippen LogP contribution is -2.52. The molecule has 0 aromatic heterocycles. The van der Waals surface area contributed by atoms with Gasteiger partial charge in [0, 0.05) is 7.05 Å². The molecule has 0 radical (unpaired) electrons. The number of aliphatic imine (C=N–C) groups is 1. The molecule has 0 saturated carbocycles. The molecule has 1 heterocycles. The molecule has 156 valence electrons. The average Bonchev–Trinajstić information content (AvgIpc) is 2.72. The van der Waals surface area contributed by atoms with Crippen molar-refractivity contribution in [3.8, 4) is 6.07 Å². The summed E-state index contributed by atoms with van der Waals surface area (Å²) >= 11 is 0. The number of hydrogen-bond donors (Lipinski definition) is 1. The Bertz CT molecular complexity index is 1060. The number of nitriles is 1. The number of likely N-dealkylation sites (N-methyl/N-ethyl adjacent to an activating group) is 1. The normalized spacial score (nSPS) is 23.5. The third-order valence-corrected chi connectivity index (χ3v) is 6.01. The molecule has 1 aliphatic heterocycles. The van der Waals surface area contributed by atoms with E-state index in [2.05, 4.69) is 4.99 Å². The van der Waals surface area contributed by atoms with Crippen molar-refractivity contribution in [1.29, 1.82) is 5.26 Å². The van der Waals surface area contributed by atoms with E-state index in [-0.39, 0.29) is 17.4 Å². The molecule has 7 heteroatoms. The van der Waals surface area contributed by atoms with Gasteiger partial charge in [-0.3, -0.25) is 9.69 Å². The first-order chi connectivity index (χ1) is 14.0. The molecule has 0 fully saturated rings. The fourth-order valence-electron chi connectivity index (χ4n) is 3.78. The van der Waals surface area contributed by atoms with Crippen LogP contribution in [0.5, 0.6) is 0 Å². The lowest BCUT2D eigenvalue weighted by atomic mass is 9.74. The van der Waals surface area contributed by atoms with Crippen molar-refractivity contribution in [3.63, 3.8) is 0 Å². The molecule has 2 N–H and O–H groups in total. The second-order valence-corrected chi connectivity index (χ2v) is 7.93. The van der Waals surface area contributed by atoms with Crippen molar-refractivity contribution in [2.24, 2.45) is 10.7 Å². The van der Waals surface area contributed by atoms with Gasteiger partial charge in [0.15, 0.2) is 5.96 Å². The number of alkyl halides is 1. The molecule has 0 aliphatic carbocycles. The Hall–Kier alpha value is -3.27. The highest BCUT2D eigenvalue weighted by molar-refractivity contribution is 6.02. The maximum atomic E-state index is 14.7. The molecule has 3 rings (SSSR count). The van der Waals surface area contributed by atoms with Crippen LogP contribution in [0.15, 0.2) is 47.5 Å². The monoisotopic (exact) mass is 410 g/mol. The average molecular weight is 410 g/mol. The van der Waals surface area contributed by atoms with Crippen LogP contribution in [0, 0.1) is 17.1 Å². The van der Waals surface area contributed by atoms with Crippen LogP contribution in [0.25, 0.3) is 0 Å². The van der Waals surface area contributed by atoms with Crippen LogP contribution in [0.2, 0.25) is 0 Å². The highest BCUT2D eigenvalue weighted by Crippen LogP contribution is 2.44. The number of rotatable bonds is 4. The molecule has 1 aliphatic rings. The van der Waals surface area contributed by atoms with Gasteiger partial charge >= 0.3 is 0 Å². The third-order valence-electron chi connectivity index (χ3n) is 6.01. The Morgan fingerprint density at radius 1 is 1.30 bits per heavy atom. The summed E-state index contributed by atoms with van der Waals surface area (Å²) in [6.45, 7) is 5.00. The Morgan fingerprint density at radius 2 is 1.93 bits per heavy atom. The van der Waals surface area contributed by atoms with E-state index < -0.39 is 22.9 Å². The van der Waals surface area contributed by atoms with E-state index in [4.69, 9.17) is 5.73 Å². The van der Waals surface area contributed by atoms with E-state index in [1.54, 1.807) is 38.1 Å². The predicted octanol–water partition coefficient (Wildman–Crippen LogP) is 4.08. The van der Waals surface area contributed by atoms with Crippen LogP contribution in [0.1, 0.15) is 55.4 Å². The summed E-state index contributed by atoms with van der Waals surface area (Å²) in [6.07, 6.45) is 0.322. The minimum absolute atomic E-state index is 0.0283. The standard InChI is InChI=1S/C23H24F2N4O/c1-5-22(2,25)16-8-6-14(7-9-16)19-20(30)29(4)21(27)28-23(19,3)17-10-11-18(24)15(12-17)13-26/h6-12,19H,5H2,1-4H3,(H2,27,28)/t19-,22?,23?/m0/s1. The van der Waals surface area contributed by atoms with Crippen LogP contribution < -0.4 is 5.73 Å². The van der Waals surface area contributed by atoms with Crippen molar-refractivity contribution < 1.29 is 13.6 Å². The zero-order valence-electron chi connectivity index (χ0n) is 17.4. The molecule has 3 atom stereocenters. The Morgan fingerprint density at radius 3 is 2.50 bits per heavy atom. The third kappa shape index (κ3) is 3.43. The SMILES string of the molecule is CCC(C)(F)c1ccc([C@H]2C(=O)N(C)C(N)=NC2(C)c2ccc(F)c(C#N)c2)cc1. The number of guanidine groups is 1. The van der Waals surface area contributed by atoms with Crippen LogP contribution in [0.3, 0.4) is 0 Å². The van der Waals surface area contributed by atoms with Crippen molar-refractivity contribution in [2.45, 2.75) is 44.3 Å². The van der Waals surface area contributed by atoms with Crippen LogP contribution in [-0.4, -0.2) is 23.8 Å². The molecule has 0 spiro atoms. The minimum Gasteiger partial charge on any atom is -0.369 e. The molecule has 1 amide bonds. The molecule has 5 nitrogen and oxygen atoms in total. The molecular formula is C23H24F2N4O. The Balaban J connectivity index is 2.17. The van der Waals surface area contributed by atoms with Gasteiger partial charge in [-0.25, -0.2) is 13.8 Å². The predicted molar refractivity (Wildman–Crippen MR) is 111 cm³/mol. The number of amides is 1. The highest BCUT2D eigenvalue weighted by atomic mass is 19.1. The van der Waals surface area contributed by atoms with Crippen molar-refractivity contribution in [2.75, 3.05) is 7.05 Å². The molecule has 2 aromatic carbocycles. The fourth-order valence-corrected chi connectivity index (χ4v) is 3.78. The summed E-state index contributed by atoms with van der Waals surface area (Å²) < 4.78 is 28.6. The number of carbonyl (C=O) groups excluding carboxylic acids is 1. The largest absolute Gasteiger partial charge is 0.369 e. The lowest BCUT2D eigenvalue weighted by Gasteiger charge is -2.41. The van der Waals surface area contributed by atoms with Crippen LogP contribution in [-0.2, 0) is 16.0 Å². The molecule has 2 unspecified atom stereocenters.